The maximum atomic E-state index is 12.1. The van der Waals surface area contributed by atoms with Crippen molar-refractivity contribution in [1.29, 1.82) is 0 Å². The van der Waals surface area contributed by atoms with Gasteiger partial charge in [-0.05, 0) is 30.4 Å². The second kappa shape index (κ2) is 8.41. The van der Waals surface area contributed by atoms with E-state index in [0.717, 1.165) is 5.75 Å². The van der Waals surface area contributed by atoms with Crippen LogP contribution in [0, 0.1) is 0 Å². The standard InChI is InChI=1S/C16H24N2O2S/c1-3-21-15-6-4-14(5-7-15)13(2)17-12-16(19)18-8-10-20-11-9-18/h4-7,13,17H,3,8-12H2,1-2H3/t13-/m0/s1. The topological polar surface area (TPSA) is 41.6 Å². The van der Waals surface area contributed by atoms with Crippen molar-refractivity contribution in [3.8, 4) is 0 Å². The summed E-state index contributed by atoms with van der Waals surface area (Å²) >= 11 is 1.84. The van der Waals surface area contributed by atoms with Gasteiger partial charge in [-0.25, -0.2) is 0 Å². The molecule has 0 saturated carbocycles. The van der Waals surface area contributed by atoms with E-state index in [1.165, 1.54) is 10.5 Å². The van der Waals surface area contributed by atoms with Gasteiger partial charge in [0, 0.05) is 24.0 Å². The number of ether oxygens (including phenoxy) is 1. The molecule has 2 rings (SSSR count). The molecule has 5 heteroatoms. The van der Waals surface area contributed by atoms with Crippen LogP contribution in [0.5, 0.6) is 0 Å². The van der Waals surface area contributed by atoms with Crippen molar-refractivity contribution in [1.82, 2.24) is 10.2 Å². The predicted octanol–water partition coefficient (Wildman–Crippen LogP) is 2.31. The van der Waals surface area contributed by atoms with E-state index in [-0.39, 0.29) is 11.9 Å². The van der Waals surface area contributed by atoms with Crippen molar-refractivity contribution in [2.24, 2.45) is 0 Å². The van der Waals surface area contributed by atoms with Crippen molar-refractivity contribution in [3.63, 3.8) is 0 Å². The van der Waals surface area contributed by atoms with Gasteiger partial charge in [0.2, 0.25) is 5.91 Å². The molecule has 1 atom stereocenters. The van der Waals surface area contributed by atoms with Gasteiger partial charge in [0.1, 0.15) is 0 Å². The Labute approximate surface area is 131 Å². The number of nitrogens with one attached hydrogen (secondary N) is 1. The largest absolute Gasteiger partial charge is 0.378 e. The van der Waals surface area contributed by atoms with Crippen molar-refractivity contribution in [3.05, 3.63) is 29.8 Å². The predicted molar refractivity (Wildman–Crippen MR) is 86.7 cm³/mol. The molecule has 1 aliphatic heterocycles. The first-order valence-electron chi connectivity index (χ1n) is 7.52. The fourth-order valence-corrected chi connectivity index (χ4v) is 2.96. The van der Waals surface area contributed by atoms with E-state index in [4.69, 9.17) is 4.74 Å². The first kappa shape index (κ1) is 16.3. The van der Waals surface area contributed by atoms with Gasteiger partial charge < -0.3 is 15.0 Å². The van der Waals surface area contributed by atoms with Crippen LogP contribution in [0.1, 0.15) is 25.5 Å². The van der Waals surface area contributed by atoms with Crippen LogP contribution in [-0.4, -0.2) is 49.4 Å². The highest BCUT2D eigenvalue weighted by Crippen LogP contribution is 2.20. The van der Waals surface area contributed by atoms with Gasteiger partial charge in [-0.3, -0.25) is 4.79 Å². The number of morpholine rings is 1. The summed E-state index contributed by atoms with van der Waals surface area (Å²) in [6.45, 7) is 7.34. The van der Waals surface area contributed by atoms with E-state index in [1.807, 2.05) is 16.7 Å². The molecule has 0 unspecified atom stereocenters. The van der Waals surface area contributed by atoms with E-state index in [1.54, 1.807) is 0 Å². The number of hydrogen-bond donors (Lipinski definition) is 1. The average Bonchev–Trinajstić information content (AvgIpc) is 2.54. The maximum absolute atomic E-state index is 12.1. The van der Waals surface area contributed by atoms with Gasteiger partial charge in [0.05, 0.1) is 19.8 Å². The first-order chi connectivity index (χ1) is 10.2. The summed E-state index contributed by atoms with van der Waals surface area (Å²) in [4.78, 5) is 15.2. The van der Waals surface area contributed by atoms with Crippen LogP contribution in [0.2, 0.25) is 0 Å². The fraction of sp³-hybridized carbons (Fsp3) is 0.562. The number of thioether (sulfide) groups is 1. The van der Waals surface area contributed by atoms with Gasteiger partial charge in [-0.2, -0.15) is 0 Å². The zero-order valence-corrected chi connectivity index (χ0v) is 13.6. The smallest absolute Gasteiger partial charge is 0.236 e. The molecule has 116 valence electrons. The monoisotopic (exact) mass is 308 g/mol. The van der Waals surface area contributed by atoms with Gasteiger partial charge in [-0.15, -0.1) is 11.8 Å². The summed E-state index contributed by atoms with van der Waals surface area (Å²) in [6.07, 6.45) is 0. The summed E-state index contributed by atoms with van der Waals surface area (Å²) in [6, 6.07) is 8.73. The molecule has 0 aromatic heterocycles. The van der Waals surface area contributed by atoms with Gasteiger partial charge in [-0.1, -0.05) is 19.1 Å². The lowest BCUT2D eigenvalue weighted by molar-refractivity contribution is -0.134. The van der Waals surface area contributed by atoms with Crippen LogP contribution >= 0.6 is 11.8 Å². The molecular weight excluding hydrogens is 284 g/mol. The molecule has 21 heavy (non-hydrogen) atoms. The van der Waals surface area contributed by atoms with E-state index < -0.39 is 0 Å². The van der Waals surface area contributed by atoms with Gasteiger partial charge in [0.25, 0.3) is 0 Å². The highest BCUT2D eigenvalue weighted by molar-refractivity contribution is 7.99. The third-order valence-electron chi connectivity index (χ3n) is 3.61. The molecule has 1 saturated heterocycles. The second-order valence-corrected chi connectivity index (χ2v) is 6.44. The summed E-state index contributed by atoms with van der Waals surface area (Å²) in [5.41, 5.74) is 1.21. The third kappa shape index (κ3) is 5.02. The Balaban J connectivity index is 1.80. The molecule has 0 bridgehead atoms. The van der Waals surface area contributed by atoms with Crippen molar-refractivity contribution in [2.45, 2.75) is 24.8 Å². The Morgan fingerprint density at radius 2 is 2.00 bits per heavy atom. The number of carbonyl (C=O) groups excluding carboxylic acids is 1. The number of amides is 1. The molecule has 1 amide bonds. The fourth-order valence-electron chi connectivity index (χ4n) is 2.30. The number of nitrogens with zero attached hydrogens (tertiary/aromatic N) is 1. The van der Waals surface area contributed by atoms with Crippen LogP contribution < -0.4 is 5.32 Å². The number of benzene rings is 1. The molecule has 0 spiro atoms. The van der Waals surface area contributed by atoms with Crippen molar-refractivity contribution in [2.75, 3.05) is 38.6 Å². The van der Waals surface area contributed by atoms with Gasteiger partial charge in [0.15, 0.2) is 0 Å². The SMILES string of the molecule is CCSc1ccc([C@H](C)NCC(=O)N2CCOCC2)cc1. The summed E-state index contributed by atoms with van der Waals surface area (Å²) < 4.78 is 5.26. The molecule has 1 N–H and O–H groups in total. The number of carbonyl (C=O) groups is 1. The highest BCUT2D eigenvalue weighted by Gasteiger charge is 2.17. The Kier molecular flexibility index (Phi) is 6.54. The van der Waals surface area contributed by atoms with Crippen LogP contribution in [0.3, 0.4) is 0 Å². The van der Waals surface area contributed by atoms with Crippen LogP contribution in [0.4, 0.5) is 0 Å². The molecule has 0 radical (unpaired) electrons. The van der Waals surface area contributed by atoms with E-state index in [2.05, 4.69) is 43.4 Å². The van der Waals surface area contributed by atoms with Crippen molar-refractivity contribution < 1.29 is 9.53 Å². The lowest BCUT2D eigenvalue weighted by atomic mass is 10.1. The Morgan fingerprint density at radius 1 is 1.33 bits per heavy atom. The number of rotatable bonds is 6. The molecule has 4 nitrogen and oxygen atoms in total. The summed E-state index contributed by atoms with van der Waals surface area (Å²) in [5, 5.41) is 3.31. The summed E-state index contributed by atoms with van der Waals surface area (Å²) in [5.74, 6) is 1.24. The zero-order valence-electron chi connectivity index (χ0n) is 12.8. The molecule has 1 aliphatic rings. The van der Waals surface area contributed by atoms with Crippen LogP contribution in [0.15, 0.2) is 29.2 Å². The van der Waals surface area contributed by atoms with E-state index in [0.29, 0.717) is 32.8 Å². The minimum absolute atomic E-state index is 0.156. The molecule has 1 heterocycles. The normalized spacial score (nSPS) is 16.8. The highest BCUT2D eigenvalue weighted by atomic mass is 32.2. The van der Waals surface area contributed by atoms with Crippen LogP contribution in [-0.2, 0) is 9.53 Å². The molecular formula is C16H24N2O2S. The zero-order chi connectivity index (χ0) is 15.1. The Bertz CT molecular complexity index is 444. The van der Waals surface area contributed by atoms with E-state index >= 15 is 0 Å². The van der Waals surface area contributed by atoms with E-state index in [9.17, 15) is 4.79 Å². The number of hydrogen-bond acceptors (Lipinski definition) is 4. The second-order valence-electron chi connectivity index (χ2n) is 5.10. The summed E-state index contributed by atoms with van der Waals surface area (Å²) in [7, 11) is 0. The molecule has 1 fully saturated rings. The Hall–Kier alpha value is -1.04. The molecule has 1 aromatic carbocycles. The van der Waals surface area contributed by atoms with Crippen LogP contribution in [0.25, 0.3) is 0 Å². The molecule has 0 aliphatic carbocycles. The third-order valence-corrected chi connectivity index (χ3v) is 4.51. The minimum atomic E-state index is 0.156. The van der Waals surface area contributed by atoms with Gasteiger partial charge >= 0.3 is 0 Å². The first-order valence-corrected chi connectivity index (χ1v) is 8.51. The maximum Gasteiger partial charge on any atom is 0.236 e. The Morgan fingerprint density at radius 3 is 2.62 bits per heavy atom. The lowest BCUT2D eigenvalue weighted by Crippen LogP contribution is -2.45. The minimum Gasteiger partial charge on any atom is -0.378 e. The van der Waals surface area contributed by atoms with Crippen molar-refractivity contribution >= 4 is 17.7 Å². The molecule has 1 aromatic rings. The quantitative estimate of drug-likeness (QED) is 0.819. The lowest BCUT2D eigenvalue weighted by Gasteiger charge is -2.27. The average molecular weight is 308 g/mol.